The normalized spacial score (nSPS) is 10.5. The number of pyridine rings is 1. The lowest BCUT2D eigenvalue weighted by atomic mass is 10.1. The van der Waals surface area contributed by atoms with Crippen molar-refractivity contribution in [3.63, 3.8) is 0 Å². The number of hydrogen-bond acceptors (Lipinski definition) is 3. The predicted molar refractivity (Wildman–Crippen MR) is 97.0 cm³/mol. The Morgan fingerprint density at radius 3 is 2.48 bits per heavy atom. The van der Waals surface area contributed by atoms with Crippen molar-refractivity contribution in [2.75, 3.05) is 10.6 Å². The van der Waals surface area contributed by atoms with Crippen molar-refractivity contribution in [1.82, 2.24) is 4.98 Å². The maximum Gasteiger partial charge on any atom is 0.257 e. The van der Waals surface area contributed by atoms with E-state index in [4.69, 9.17) is 0 Å². The summed E-state index contributed by atoms with van der Waals surface area (Å²) < 4.78 is 39.9. The Balaban J connectivity index is 1.70. The predicted octanol–water partition coefficient (Wildman–Crippen LogP) is 4.67. The van der Waals surface area contributed by atoms with Gasteiger partial charge in [0.05, 0.1) is 16.9 Å². The fraction of sp³-hybridized carbons (Fsp3) is 0.100. The molecule has 2 N–H and O–H groups in total. The maximum atomic E-state index is 13.7. The number of anilines is 2. The van der Waals surface area contributed by atoms with Crippen molar-refractivity contribution in [3.05, 3.63) is 89.0 Å². The van der Waals surface area contributed by atoms with E-state index < -0.39 is 29.0 Å². The topological polar surface area (TPSA) is 54.0 Å². The van der Waals surface area contributed by atoms with Crippen LogP contribution in [0.2, 0.25) is 0 Å². The van der Waals surface area contributed by atoms with Gasteiger partial charge in [0.1, 0.15) is 0 Å². The number of nitrogens with one attached hydrogen (secondary N) is 2. The van der Waals surface area contributed by atoms with E-state index in [2.05, 4.69) is 15.6 Å². The van der Waals surface area contributed by atoms with Gasteiger partial charge in [0.25, 0.3) is 5.91 Å². The molecule has 3 aromatic rings. The Hall–Kier alpha value is -3.35. The molecule has 0 atom stereocenters. The Morgan fingerprint density at radius 1 is 1.00 bits per heavy atom. The molecular formula is C20H16F3N3O. The van der Waals surface area contributed by atoms with Gasteiger partial charge in [-0.05, 0) is 30.7 Å². The van der Waals surface area contributed by atoms with Crippen molar-refractivity contribution in [2.24, 2.45) is 0 Å². The van der Waals surface area contributed by atoms with Gasteiger partial charge in [-0.15, -0.1) is 0 Å². The fourth-order valence-corrected chi connectivity index (χ4v) is 2.39. The summed E-state index contributed by atoms with van der Waals surface area (Å²) in [5.41, 5.74) is 2.50. The lowest BCUT2D eigenvalue weighted by molar-refractivity contribution is 0.102. The van der Waals surface area contributed by atoms with Crippen LogP contribution in [0.25, 0.3) is 0 Å². The summed E-state index contributed by atoms with van der Waals surface area (Å²) >= 11 is 0. The van der Waals surface area contributed by atoms with Gasteiger partial charge >= 0.3 is 0 Å². The summed E-state index contributed by atoms with van der Waals surface area (Å²) in [6, 6.07) is 11.2. The molecule has 27 heavy (non-hydrogen) atoms. The molecule has 0 bridgehead atoms. The molecule has 0 radical (unpaired) electrons. The molecule has 4 nitrogen and oxygen atoms in total. The van der Waals surface area contributed by atoms with Crippen LogP contribution in [0.15, 0.2) is 54.9 Å². The number of carbonyl (C=O) groups excluding carboxylic acids is 1. The third-order valence-corrected chi connectivity index (χ3v) is 3.90. The van der Waals surface area contributed by atoms with Gasteiger partial charge in [0, 0.05) is 18.9 Å². The molecule has 1 aromatic heterocycles. The molecular weight excluding hydrogens is 355 g/mol. The minimum atomic E-state index is -1.64. The van der Waals surface area contributed by atoms with Crippen molar-refractivity contribution in [1.29, 1.82) is 0 Å². The molecule has 0 saturated carbocycles. The molecule has 0 aliphatic rings. The van der Waals surface area contributed by atoms with Gasteiger partial charge in [-0.1, -0.05) is 29.8 Å². The SMILES string of the molecule is Cc1ccc(CNc2cncc(C(=O)Nc3ccc(F)c(F)c3F)c2)cc1. The third-order valence-electron chi connectivity index (χ3n) is 3.90. The molecule has 0 unspecified atom stereocenters. The number of halogens is 3. The summed E-state index contributed by atoms with van der Waals surface area (Å²) in [6.45, 7) is 2.53. The highest BCUT2D eigenvalue weighted by Gasteiger charge is 2.16. The first-order valence-electron chi connectivity index (χ1n) is 8.13. The molecule has 1 amide bonds. The average Bonchev–Trinajstić information content (AvgIpc) is 2.68. The zero-order valence-electron chi connectivity index (χ0n) is 14.4. The molecule has 3 rings (SSSR count). The standard InChI is InChI=1S/C20H16F3N3O/c1-12-2-4-13(5-3-12)9-25-15-8-14(10-24-11-15)20(27)26-17-7-6-16(21)18(22)19(17)23/h2-8,10-11,25H,9H2,1H3,(H,26,27). The van der Waals surface area contributed by atoms with Crippen LogP contribution in [-0.4, -0.2) is 10.9 Å². The first-order chi connectivity index (χ1) is 12.9. The molecule has 138 valence electrons. The lowest BCUT2D eigenvalue weighted by Crippen LogP contribution is -2.14. The Bertz CT molecular complexity index is 975. The first kappa shape index (κ1) is 18.4. The Morgan fingerprint density at radius 2 is 1.74 bits per heavy atom. The number of hydrogen-bond donors (Lipinski definition) is 2. The average molecular weight is 371 g/mol. The molecule has 2 aromatic carbocycles. The van der Waals surface area contributed by atoms with Crippen molar-refractivity contribution in [3.8, 4) is 0 Å². The maximum absolute atomic E-state index is 13.7. The number of aryl methyl sites for hydroxylation is 1. The first-order valence-corrected chi connectivity index (χ1v) is 8.13. The zero-order chi connectivity index (χ0) is 19.4. The number of amides is 1. The van der Waals surface area contributed by atoms with E-state index in [9.17, 15) is 18.0 Å². The summed E-state index contributed by atoms with van der Waals surface area (Å²) in [5, 5.41) is 5.35. The van der Waals surface area contributed by atoms with Gasteiger partial charge in [-0.2, -0.15) is 0 Å². The second kappa shape index (κ2) is 7.90. The van der Waals surface area contributed by atoms with Crippen molar-refractivity contribution in [2.45, 2.75) is 13.5 Å². The third kappa shape index (κ3) is 4.44. The number of nitrogens with zero attached hydrogens (tertiary/aromatic N) is 1. The van der Waals surface area contributed by atoms with Crippen LogP contribution in [0.5, 0.6) is 0 Å². The van der Waals surface area contributed by atoms with Crippen LogP contribution < -0.4 is 10.6 Å². The summed E-state index contributed by atoms with van der Waals surface area (Å²) in [6.07, 6.45) is 2.84. The van der Waals surface area contributed by atoms with Gasteiger partial charge in [-0.3, -0.25) is 9.78 Å². The van der Waals surface area contributed by atoms with Crippen molar-refractivity contribution < 1.29 is 18.0 Å². The van der Waals surface area contributed by atoms with Crippen molar-refractivity contribution >= 4 is 17.3 Å². The lowest BCUT2D eigenvalue weighted by Gasteiger charge is -2.10. The molecule has 0 aliphatic heterocycles. The smallest absolute Gasteiger partial charge is 0.257 e. The Kier molecular flexibility index (Phi) is 5.40. The van der Waals surface area contributed by atoms with E-state index >= 15 is 0 Å². The van der Waals surface area contributed by atoms with Crippen LogP contribution in [0, 0.1) is 24.4 Å². The number of carbonyl (C=O) groups is 1. The highest BCUT2D eigenvalue weighted by molar-refractivity contribution is 6.04. The molecule has 0 fully saturated rings. The van der Waals surface area contributed by atoms with Crippen LogP contribution in [0.1, 0.15) is 21.5 Å². The zero-order valence-corrected chi connectivity index (χ0v) is 14.4. The summed E-state index contributed by atoms with van der Waals surface area (Å²) in [5.74, 6) is -5.11. The monoisotopic (exact) mass is 371 g/mol. The van der Waals surface area contributed by atoms with E-state index in [1.807, 2.05) is 31.2 Å². The minimum absolute atomic E-state index is 0.146. The quantitative estimate of drug-likeness (QED) is 0.641. The summed E-state index contributed by atoms with van der Waals surface area (Å²) in [4.78, 5) is 16.2. The van der Waals surface area contributed by atoms with Crippen LogP contribution >= 0.6 is 0 Å². The highest BCUT2D eigenvalue weighted by Crippen LogP contribution is 2.20. The van der Waals surface area contributed by atoms with Crippen LogP contribution in [-0.2, 0) is 6.54 Å². The number of aromatic nitrogens is 1. The molecule has 0 saturated heterocycles. The second-order valence-corrected chi connectivity index (χ2v) is 5.98. The van der Waals surface area contributed by atoms with E-state index in [0.717, 1.165) is 23.3 Å². The summed E-state index contributed by atoms with van der Waals surface area (Å²) in [7, 11) is 0. The largest absolute Gasteiger partial charge is 0.380 e. The van der Waals surface area contributed by atoms with Gasteiger partial charge < -0.3 is 10.6 Å². The fourth-order valence-electron chi connectivity index (χ4n) is 2.39. The van der Waals surface area contributed by atoms with E-state index in [0.29, 0.717) is 12.2 Å². The second-order valence-electron chi connectivity index (χ2n) is 5.98. The molecule has 0 spiro atoms. The van der Waals surface area contributed by atoms with E-state index in [-0.39, 0.29) is 5.56 Å². The minimum Gasteiger partial charge on any atom is -0.380 e. The van der Waals surface area contributed by atoms with Crippen LogP contribution in [0.4, 0.5) is 24.5 Å². The molecule has 0 aliphatic carbocycles. The number of rotatable bonds is 5. The Labute approximate surface area is 154 Å². The van der Waals surface area contributed by atoms with Crippen LogP contribution in [0.3, 0.4) is 0 Å². The van der Waals surface area contributed by atoms with E-state index in [1.54, 1.807) is 6.20 Å². The van der Waals surface area contributed by atoms with Gasteiger partial charge in [0.15, 0.2) is 17.5 Å². The van der Waals surface area contributed by atoms with Gasteiger partial charge in [0.2, 0.25) is 0 Å². The highest BCUT2D eigenvalue weighted by atomic mass is 19.2. The molecule has 1 heterocycles. The molecule has 7 heteroatoms. The number of benzene rings is 2. The van der Waals surface area contributed by atoms with E-state index in [1.165, 1.54) is 12.3 Å². The van der Waals surface area contributed by atoms with Gasteiger partial charge in [-0.25, -0.2) is 13.2 Å².